The molecule has 0 unspecified atom stereocenters. The van der Waals surface area contributed by atoms with Crippen LogP contribution in [0, 0.1) is 5.82 Å². The van der Waals surface area contributed by atoms with Crippen LogP contribution in [0.4, 0.5) is 28.0 Å². The third kappa shape index (κ3) is 4.11. The van der Waals surface area contributed by atoms with E-state index in [9.17, 15) is 30.8 Å². The second kappa shape index (κ2) is 6.69. The van der Waals surface area contributed by atoms with Crippen molar-refractivity contribution in [2.75, 3.05) is 5.32 Å². The number of hydrogen-bond acceptors (Lipinski definition) is 3. The van der Waals surface area contributed by atoms with E-state index in [2.05, 4.69) is 0 Å². The van der Waals surface area contributed by atoms with Crippen molar-refractivity contribution in [3.63, 3.8) is 0 Å². The van der Waals surface area contributed by atoms with Gasteiger partial charge in [0.1, 0.15) is 5.82 Å². The molecule has 0 atom stereocenters. The quantitative estimate of drug-likeness (QED) is 0.767. The SMILES string of the molecule is O=C(Nc1ccc(C(F)(F)F)c(F)c1)NS(=O)(=O)c1ccc2c(c1)CC=C2. The lowest BCUT2D eigenvalue weighted by atomic mass is 10.1. The topological polar surface area (TPSA) is 75.3 Å². The van der Waals surface area contributed by atoms with Crippen LogP contribution in [0.1, 0.15) is 16.7 Å². The lowest BCUT2D eigenvalue weighted by Crippen LogP contribution is -2.34. The number of rotatable bonds is 3. The first kappa shape index (κ1) is 18.9. The Balaban J connectivity index is 1.73. The van der Waals surface area contributed by atoms with Crippen LogP contribution >= 0.6 is 0 Å². The van der Waals surface area contributed by atoms with E-state index < -0.39 is 33.6 Å². The van der Waals surface area contributed by atoms with Gasteiger partial charge in [-0.15, -0.1) is 0 Å². The van der Waals surface area contributed by atoms with Crippen LogP contribution < -0.4 is 10.0 Å². The number of carbonyl (C=O) groups is 1. The Kier molecular flexibility index (Phi) is 4.68. The van der Waals surface area contributed by atoms with E-state index in [0.29, 0.717) is 18.6 Å². The molecule has 2 amide bonds. The highest BCUT2D eigenvalue weighted by atomic mass is 32.2. The second-order valence-corrected chi connectivity index (χ2v) is 7.40. The molecule has 27 heavy (non-hydrogen) atoms. The fourth-order valence-electron chi connectivity index (χ4n) is 2.56. The lowest BCUT2D eigenvalue weighted by Gasteiger charge is -2.12. The van der Waals surface area contributed by atoms with Gasteiger partial charge in [0.2, 0.25) is 0 Å². The summed E-state index contributed by atoms with van der Waals surface area (Å²) in [7, 11) is -4.21. The van der Waals surface area contributed by atoms with Crippen LogP contribution in [-0.4, -0.2) is 14.4 Å². The first-order valence-corrected chi connectivity index (χ1v) is 9.04. The van der Waals surface area contributed by atoms with E-state index in [4.69, 9.17) is 0 Å². The van der Waals surface area contributed by atoms with Gasteiger partial charge >= 0.3 is 12.2 Å². The van der Waals surface area contributed by atoms with E-state index in [1.165, 1.54) is 12.1 Å². The molecule has 10 heteroatoms. The highest BCUT2D eigenvalue weighted by Gasteiger charge is 2.34. The average molecular weight is 400 g/mol. The number of sulfonamides is 1. The molecule has 0 heterocycles. The minimum Gasteiger partial charge on any atom is -0.307 e. The van der Waals surface area contributed by atoms with Crippen LogP contribution in [0.3, 0.4) is 0 Å². The van der Waals surface area contributed by atoms with Gasteiger partial charge in [0, 0.05) is 5.69 Å². The summed E-state index contributed by atoms with van der Waals surface area (Å²) in [5.74, 6) is -1.59. The van der Waals surface area contributed by atoms with Crippen molar-refractivity contribution in [3.05, 3.63) is 65.0 Å². The smallest absolute Gasteiger partial charge is 0.307 e. The van der Waals surface area contributed by atoms with Gasteiger partial charge in [-0.1, -0.05) is 18.2 Å². The van der Waals surface area contributed by atoms with Gasteiger partial charge < -0.3 is 5.32 Å². The largest absolute Gasteiger partial charge is 0.419 e. The van der Waals surface area contributed by atoms with Crippen molar-refractivity contribution in [1.82, 2.24) is 4.72 Å². The summed E-state index contributed by atoms with van der Waals surface area (Å²) < 4.78 is 77.4. The number of anilines is 1. The maximum atomic E-state index is 13.5. The fourth-order valence-corrected chi connectivity index (χ4v) is 3.52. The minimum atomic E-state index is -4.88. The van der Waals surface area contributed by atoms with Crippen LogP contribution in [0.2, 0.25) is 0 Å². The first-order valence-electron chi connectivity index (χ1n) is 7.56. The summed E-state index contributed by atoms with van der Waals surface area (Å²) in [4.78, 5) is 11.7. The van der Waals surface area contributed by atoms with Gasteiger partial charge in [-0.2, -0.15) is 13.2 Å². The summed E-state index contributed by atoms with van der Waals surface area (Å²) in [6, 6.07) is 4.83. The first-order chi connectivity index (χ1) is 12.6. The van der Waals surface area contributed by atoms with Gasteiger partial charge in [0.25, 0.3) is 10.0 Å². The average Bonchev–Trinajstić information content (AvgIpc) is 3.00. The Bertz CT molecular complexity index is 1050. The standard InChI is InChI=1S/C17H12F4N2O3S/c18-15-9-12(5-7-14(15)17(19,20)21)22-16(24)23-27(25,26)13-6-4-10-2-1-3-11(10)8-13/h1-2,4-9H,3H2,(H2,22,23,24). The van der Waals surface area contributed by atoms with Gasteiger partial charge in [-0.25, -0.2) is 22.3 Å². The summed E-state index contributed by atoms with van der Waals surface area (Å²) in [5, 5.41) is 1.99. The molecule has 3 rings (SSSR count). The Morgan fingerprint density at radius 3 is 2.48 bits per heavy atom. The van der Waals surface area contributed by atoms with E-state index in [0.717, 1.165) is 17.2 Å². The monoisotopic (exact) mass is 400 g/mol. The predicted molar refractivity (Wildman–Crippen MR) is 89.9 cm³/mol. The number of carbonyl (C=O) groups excluding carboxylic acids is 1. The summed E-state index contributed by atoms with van der Waals surface area (Å²) in [5.41, 5.74) is -0.166. The van der Waals surface area contributed by atoms with Crippen LogP contribution in [0.15, 0.2) is 47.4 Å². The number of alkyl halides is 3. The van der Waals surface area contributed by atoms with Crippen LogP contribution in [0.5, 0.6) is 0 Å². The molecule has 5 nitrogen and oxygen atoms in total. The van der Waals surface area contributed by atoms with E-state index in [1.54, 1.807) is 10.8 Å². The lowest BCUT2D eigenvalue weighted by molar-refractivity contribution is -0.139. The molecule has 2 aromatic carbocycles. The maximum Gasteiger partial charge on any atom is 0.419 e. The fraction of sp³-hybridized carbons (Fsp3) is 0.118. The van der Waals surface area contributed by atoms with Gasteiger partial charge in [-0.05, 0) is 47.9 Å². The highest BCUT2D eigenvalue weighted by molar-refractivity contribution is 7.90. The van der Waals surface area contributed by atoms with Crippen molar-refractivity contribution in [2.45, 2.75) is 17.5 Å². The third-order valence-electron chi connectivity index (χ3n) is 3.82. The predicted octanol–water partition coefficient (Wildman–Crippen LogP) is 3.92. The Morgan fingerprint density at radius 2 is 1.81 bits per heavy atom. The van der Waals surface area contributed by atoms with Crippen molar-refractivity contribution in [2.24, 2.45) is 0 Å². The number of urea groups is 1. The van der Waals surface area contributed by atoms with Crippen molar-refractivity contribution in [1.29, 1.82) is 0 Å². The second-order valence-electron chi connectivity index (χ2n) is 5.72. The molecule has 0 saturated carbocycles. The molecule has 0 aliphatic heterocycles. The summed E-state index contributed by atoms with van der Waals surface area (Å²) >= 11 is 0. The van der Waals surface area contributed by atoms with Crippen molar-refractivity contribution >= 4 is 27.8 Å². The third-order valence-corrected chi connectivity index (χ3v) is 5.15. The molecule has 0 saturated heterocycles. The van der Waals surface area contributed by atoms with Gasteiger partial charge in [0.15, 0.2) is 0 Å². The molecule has 0 spiro atoms. The molecule has 1 aliphatic carbocycles. The summed E-state index contributed by atoms with van der Waals surface area (Å²) in [6.45, 7) is 0. The molecule has 0 fully saturated rings. The Hall–Kier alpha value is -2.88. The number of halogens is 4. The van der Waals surface area contributed by atoms with E-state index in [1.807, 2.05) is 17.5 Å². The van der Waals surface area contributed by atoms with Crippen molar-refractivity contribution in [3.8, 4) is 0 Å². The van der Waals surface area contributed by atoms with Crippen molar-refractivity contribution < 1.29 is 30.8 Å². The number of allylic oxidation sites excluding steroid dienone is 1. The molecule has 0 aromatic heterocycles. The van der Waals surface area contributed by atoms with Gasteiger partial charge in [0.05, 0.1) is 10.5 Å². The maximum absolute atomic E-state index is 13.5. The van der Waals surface area contributed by atoms with E-state index in [-0.39, 0.29) is 10.6 Å². The zero-order chi connectivity index (χ0) is 19.8. The number of nitrogens with one attached hydrogen (secondary N) is 2. The molecule has 1 aliphatic rings. The Morgan fingerprint density at radius 1 is 1.07 bits per heavy atom. The minimum absolute atomic E-state index is 0.140. The number of hydrogen-bond donors (Lipinski definition) is 2. The zero-order valence-corrected chi connectivity index (χ0v) is 14.3. The molecular weight excluding hydrogens is 388 g/mol. The molecule has 0 radical (unpaired) electrons. The van der Waals surface area contributed by atoms with Crippen LogP contribution in [-0.2, 0) is 22.6 Å². The van der Waals surface area contributed by atoms with E-state index >= 15 is 0 Å². The number of amides is 2. The molecule has 2 aromatic rings. The number of fused-ring (bicyclic) bond motifs is 1. The number of benzene rings is 2. The molecule has 142 valence electrons. The van der Waals surface area contributed by atoms with Gasteiger partial charge in [-0.3, -0.25) is 0 Å². The Labute approximate surface area is 151 Å². The normalized spacial score (nSPS) is 13.3. The highest BCUT2D eigenvalue weighted by Crippen LogP contribution is 2.32. The molecular formula is C17H12F4N2O3S. The molecule has 2 N–H and O–H groups in total. The van der Waals surface area contributed by atoms with Crippen LogP contribution in [0.25, 0.3) is 6.08 Å². The molecule has 0 bridgehead atoms. The zero-order valence-electron chi connectivity index (χ0n) is 13.5. The summed E-state index contributed by atoms with van der Waals surface area (Å²) in [6.07, 6.45) is -0.613.